The fraction of sp³-hybridized carbons (Fsp3) is 0.526. The smallest absolute Gasteiger partial charge is 0.425 e. The largest absolute Gasteiger partial charge is 0.493 e. The molecule has 2 aromatic carbocycles. The Balaban J connectivity index is 1.71. The summed E-state index contributed by atoms with van der Waals surface area (Å²) in [4.78, 5) is 27.1. The Morgan fingerprint density at radius 1 is 0.830 bits per heavy atom. The molecule has 5 nitrogen and oxygen atoms in total. The van der Waals surface area contributed by atoms with Crippen molar-refractivity contribution >= 4 is 17.5 Å². The van der Waals surface area contributed by atoms with Gasteiger partial charge in [0.05, 0.1) is 6.61 Å². The molecule has 2 unspecified atom stereocenters. The van der Waals surface area contributed by atoms with Crippen molar-refractivity contribution in [3.63, 3.8) is 0 Å². The van der Waals surface area contributed by atoms with Crippen molar-refractivity contribution in [2.75, 3.05) is 6.61 Å². The number of allylic oxidation sites excluding steroid dienone is 3. The van der Waals surface area contributed by atoms with Crippen LogP contribution in [0, 0.1) is 11.2 Å². The minimum Gasteiger partial charge on any atom is -0.493 e. The van der Waals surface area contributed by atoms with E-state index in [0.717, 1.165) is 43.7 Å². The number of esters is 2. The summed E-state index contributed by atoms with van der Waals surface area (Å²) in [6.07, 6.45) is 7.66. The van der Waals surface area contributed by atoms with Crippen LogP contribution in [0.2, 0.25) is 0 Å². The minimum absolute atomic E-state index is 0.204. The van der Waals surface area contributed by atoms with Crippen molar-refractivity contribution < 1.29 is 41.4 Å². The van der Waals surface area contributed by atoms with Crippen molar-refractivity contribution in [2.45, 2.75) is 116 Å². The molecule has 2 aromatic rings. The van der Waals surface area contributed by atoms with Crippen molar-refractivity contribution in [3.8, 4) is 11.5 Å². The van der Waals surface area contributed by atoms with Crippen LogP contribution >= 0.6 is 0 Å². The monoisotopic (exact) mass is 660 g/mol. The Morgan fingerprint density at radius 3 is 2.06 bits per heavy atom. The van der Waals surface area contributed by atoms with E-state index in [4.69, 9.17) is 14.2 Å². The first-order chi connectivity index (χ1) is 22.6. The average Bonchev–Trinajstić information content (AvgIpc) is 3.06. The lowest BCUT2D eigenvalue weighted by Gasteiger charge is -2.30. The lowest BCUT2D eigenvalue weighted by atomic mass is 9.79. The summed E-state index contributed by atoms with van der Waals surface area (Å²) in [5.41, 5.74) is -0.793. The van der Waals surface area contributed by atoms with Crippen LogP contribution in [-0.2, 0) is 14.3 Å². The fourth-order valence-electron chi connectivity index (χ4n) is 5.42. The van der Waals surface area contributed by atoms with Crippen LogP contribution in [0.3, 0.4) is 0 Å². The average molecular weight is 661 g/mol. The molecule has 1 aliphatic carbocycles. The third-order valence-electron chi connectivity index (χ3n) is 8.33. The van der Waals surface area contributed by atoms with Crippen LogP contribution in [0.25, 0.3) is 5.57 Å². The molecule has 0 N–H and O–H groups in total. The summed E-state index contributed by atoms with van der Waals surface area (Å²) in [6.45, 7) is 4.52. The Hall–Kier alpha value is -3.62. The number of rotatable bonds is 20. The molecular weight excluding hydrogens is 612 g/mol. The molecule has 0 saturated carbocycles. The SMILES string of the molecule is CCCCCCCCCCOc1ccc(OC(=O)C2(C(=O)OC(CCCCCC)C(F)(F)F)C=CC(c3ccccc3)=CC2)c(F)c1. The highest BCUT2D eigenvalue weighted by molar-refractivity contribution is 6.04. The van der Waals surface area contributed by atoms with E-state index in [2.05, 4.69) is 6.92 Å². The molecule has 0 spiro atoms. The fourth-order valence-corrected chi connectivity index (χ4v) is 5.42. The van der Waals surface area contributed by atoms with E-state index in [1.54, 1.807) is 6.08 Å². The number of hydrogen-bond donors (Lipinski definition) is 0. The number of unbranched alkanes of at least 4 members (excludes halogenated alkanes) is 10. The van der Waals surface area contributed by atoms with Crippen LogP contribution in [0.4, 0.5) is 17.6 Å². The summed E-state index contributed by atoms with van der Waals surface area (Å²) >= 11 is 0. The maximum Gasteiger partial charge on any atom is 0.425 e. The number of halogens is 4. The molecule has 3 rings (SSSR count). The molecule has 0 amide bonds. The van der Waals surface area contributed by atoms with Crippen LogP contribution in [0.1, 0.15) is 109 Å². The van der Waals surface area contributed by atoms with Crippen LogP contribution in [-0.4, -0.2) is 30.8 Å². The molecule has 0 heterocycles. The first-order valence-electron chi connectivity index (χ1n) is 17.0. The maximum atomic E-state index is 15.1. The molecule has 0 radical (unpaired) electrons. The number of benzene rings is 2. The van der Waals surface area contributed by atoms with Gasteiger partial charge in [-0.25, -0.2) is 4.39 Å². The van der Waals surface area contributed by atoms with Gasteiger partial charge in [-0.1, -0.05) is 127 Å². The van der Waals surface area contributed by atoms with Gasteiger partial charge in [0.1, 0.15) is 5.75 Å². The molecule has 2 atom stereocenters. The second-order valence-corrected chi connectivity index (χ2v) is 12.1. The van der Waals surface area contributed by atoms with Gasteiger partial charge in [-0.2, -0.15) is 13.2 Å². The maximum absolute atomic E-state index is 15.1. The van der Waals surface area contributed by atoms with E-state index in [9.17, 15) is 22.8 Å². The minimum atomic E-state index is -4.83. The molecule has 0 fully saturated rings. The van der Waals surface area contributed by atoms with Crippen molar-refractivity contribution in [1.82, 2.24) is 0 Å². The topological polar surface area (TPSA) is 61.8 Å². The summed E-state index contributed by atoms with van der Waals surface area (Å²) in [6, 6.07) is 12.8. The quantitative estimate of drug-likeness (QED) is 0.0465. The highest BCUT2D eigenvalue weighted by Gasteiger charge is 2.51. The highest BCUT2D eigenvalue weighted by atomic mass is 19.4. The van der Waals surface area contributed by atoms with Gasteiger partial charge in [-0.15, -0.1) is 0 Å². The number of alkyl halides is 3. The zero-order chi connectivity index (χ0) is 34.1. The Labute approximate surface area is 276 Å². The lowest BCUT2D eigenvalue weighted by Crippen LogP contribution is -2.46. The number of carbonyl (C=O) groups is 2. The van der Waals surface area contributed by atoms with Gasteiger partial charge in [0, 0.05) is 6.07 Å². The molecule has 0 aromatic heterocycles. The molecule has 0 aliphatic heterocycles. The third-order valence-corrected chi connectivity index (χ3v) is 8.33. The first kappa shape index (κ1) is 37.8. The van der Waals surface area contributed by atoms with E-state index in [-0.39, 0.29) is 18.6 Å². The number of ether oxygens (including phenoxy) is 3. The molecule has 0 saturated heterocycles. The molecule has 9 heteroatoms. The predicted octanol–water partition coefficient (Wildman–Crippen LogP) is 10.7. The standard InChI is InChI=1S/C38H48F4O5/c1-3-5-7-9-10-11-12-17-27-45-31-21-22-33(32(39)28-31)46-35(43)37(25-23-30(24-26-37)29-18-14-13-15-19-29)36(44)47-34(38(40,41)42)20-16-8-6-4-2/h13-15,18-19,21-25,28,34H,3-12,16-17,20,26-27H2,1-2H3. The highest BCUT2D eigenvalue weighted by Crippen LogP contribution is 2.39. The van der Waals surface area contributed by atoms with Crippen molar-refractivity contribution in [2.24, 2.45) is 5.41 Å². The van der Waals surface area contributed by atoms with E-state index >= 15 is 4.39 Å². The Kier molecular flexibility index (Phi) is 15.5. The van der Waals surface area contributed by atoms with Gasteiger partial charge >= 0.3 is 18.1 Å². The second-order valence-electron chi connectivity index (χ2n) is 12.1. The van der Waals surface area contributed by atoms with E-state index in [1.165, 1.54) is 56.4 Å². The van der Waals surface area contributed by atoms with Gasteiger partial charge in [-0.05, 0) is 49.0 Å². The molecular formula is C38H48F4O5. The van der Waals surface area contributed by atoms with E-state index in [1.807, 2.05) is 37.3 Å². The van der Waals surface area contributed by atoms with Gasteiger partial charge in [0.15, 0.2) is 23.1 Å². The summed E-state index contributed by atoms with van der Waals surface area (Å²) in [7, 11) is 0. The van der Waals surface area contributed by atoms with Crippen molar-refractivity contribution in [3.05, 3.63) is 78.1 Å². The van der Waals surface area contributed by atoms with Gasteiger partial charge in [-0.3, -0.25) is 9.59 Å². The normalized spacial score (nSPS) is 16.8. The summed E-state index contributed by atoms with van der Waals surface area (Å²) in [5, 5.41) is 0. The Morgan fingerprint density at radius 2 is 1.47 bits per heavy atom. The van der Waals surface area contributed by atoms with Gasteiger partial charge < -0.3 is 14.2 Å². The summed E-state index contributed by atoms with van der Waals surface area (Å²) in [5.74, 6) is -3.76. The second kappa shape index (κ2) is 19.3. The van der Waals surface area contributed by atoms with Crippen LogP contribution in [0.15, 0.2) is 66.8 Å². The van der Waals surface area contributed by atoms with E-state index in [0.29, 0.717) is 18.6 Å². The zero-order valence-corrected chi connectivity index (χ0v) is 27.6. The number of carbonyl (C=O) groups excluding carboxylic acids is 2. The number of hydrogen-bond acceptors (Lipinski definition) is 5. The predicted molar refractivity (Wildman–Crippen MR) is 175 cm³/mol. The van der Waals surface area contributed by atoms with Crippen LogP contribution < -0.4 is 9.47 Å². The third kappa shape index (κ3) is 11.8. The van der Waals surface area contributed by atoms with Crippen molar-refractivity contribution in [1.29, 1.82) is 0 Å². The summed E-state index contributed by atoms with van der Waals surface area (Å²) < 4.78 is 72.9. The molecule has 0 bridgehead atoms. The Bertz CT molecular complexity index is 1320. The van der Waals surface area contributed by atoms with E-state index < -0.39 is 47.6 Å². The molecule has 1 aliphatic rings. The zero-order valence-electron chi connectivity index (χ0n) is 27.6. The van der Waals surface area contributed by atoms with Crippen LogP contribution in [0.5, 0.6) is 11.5 Å². The van der Waals surface area contributed by atoms with Gasteiger partial charge in [0.25, 0.3) is 0 Å². The van der Waals surface area contributed by atoms with Gasteiger partial charge in [0.2, 0.25) is 0 Å². The first-order valence-corrected chi connectivity index (χ1v) is 17.0. The molecule has 258 valence electrons. The molecule has 47 heavy (non-hydrogen) atoms. The lowest BCUT2D eigenvalue weighted by molar-refractivity contribution is -0.227.